The van der Waals surface area contributed by atoms with E-state index in [2.05, 4.69) is 31.7 Å². The van der Waals surface area contributed by atoms with Crippen molar-refractivity contribution < 1.29 is 17.4 Å². The van der Waals surface area contributed by atoms with E-state index in [4.69, 9.17) is 9.17 Å². The Morgan fingerprint density at radius 3 is 2.70 bits per heavy atom. The lowest BCUT2D eigenvalue weighted by Crippen LogP contribution is -2.36. The van der Waals surface area contributed by atoms with Crippen LogP contribution in [0.5, 0.6) is 0 Å². The molecule has 1 amide bonds. The SMILES string of the molecule is CCCc1cn(CCOS(C)(=O)=O)c(C2CCN(c3ncnc4c3C(C)CC(=O)N4)CC2)n1. The van der Waals surface area contributed by atoms with Gasteiger partial charge in [0.05, 0.1) is 18.6 Å². The Balaban J connectivity index is 1.48. The molecule has 0 bridgehead atoms. The molecule has 2 aromatic rings. The largest absolute Gasteiger partial charge is 0.356 e. The monoisotopic (exact) mass is 476 g/mol. The minimum Gasteiger partial charge on any atom is -0.356 e. The highest BCUT2D eigenvalue weighted by molar-refractivity contribution is 7.85. The highest BCUT2D eigenvalue weighted by Crippen LogP contribution is 2.38. The number of fused-ring (bicyclic) bond motifs is 1. The number of amides is 1. The van der Waals surface area contributed by atoms with Crippen molar-refractivity contribution in [2.75, 3.05) is 36.2 Å². The normalized spacial score (nSPS) is 19.4. The van der Waals surface area contributed by atoms with Gasteiger partial charge in [-0.1, -0.05) is 20.3 Å². The Bertz CT molecular complexity index is 1110. The van der Waals surface area contributed by atoms with Gasteiger partial charge in [-0.2, -0.15) is 8.42 Å². The molecule has 0 aliphatic carbocycles. The summed E-state index contributed by atoms with van der Waals surface area (Å²) in [5.41, 5.74) is 2.05. The fourth-order valence-electron chi connectivity index (χ4n) is 4.76. The third kappa shape index (κ3) is 5.52. The maximum absolute atomic E-state index is 11.9. The van der Waals surface area contributed by atoms with Crippen LogP contribution in [-0.4, -0.2) is 59.8 Å². The topological polar surface area (TPSA) is 119 Å². The number of aromatic nitrogens is 4. The number of rotatable bonds is 8. The molecule has 1 N–H and O–H groups in total. The second-order valence-electron chi connectivity index (χ2n) is 8.93. The highest BCUT2D eigenvalue weighted by Gasteiger charge is 2.31. The summed E-state index contributed by atoms with van der Waals surface area (Å²) in [6.07, 6.45) is 8.77. The quantitative estimate of drug-likeness (QED) is 0.577. The Labute approximate surface area is 194 Å². The average Bonchev–Trinajstić information content (AvgIpc) is 3.15. The molecular weight excluding hydrogens is 444 g/mol. The van der Waals surface area contributed by atoms with E-state index in [0.717, 1.165) is 67.9 Å². The van der Waals surface area contributed by atoms with Crippen LogP contribution in [0.25, 0.3) is 0 Å². The van der Waals surface area contributed by atoms with Crippen LogP contribution >= 0.6 is 0 Å². The smallest absolute Gasteiger partial charge is 0.264 e. The van der Waals surface area contributed by atoms with Gasteiger partial charge in [0.2, 0.25) is 5.91 Å². The maximum Gasteiger partial charge on any atom is 0.264 e. The van der Waals surface area contributed by atoms with Crippen molar-refractivity contribution in [3.63, 3.8) is 0 Å². The van der Waals surface area contributed by atoms with Crippen LogP contribution in [0.3, 0.4) is 0 Å². The number of anilines is 2. The number of imidazole rings is 1. The number of nitrogens with one attached hydrogen (secondary N) is 1. The van der Waals surface area contributed by atoms with Crippen LogP contribution in [0.15, 0.2) is 12.5 Å². The number of hydrogen-bond donors (Lipinski definition) is 1. The Kier molecular flexibility index (Phi) is 6.99. The molecule has 11 heteroatoms. The molecule has 0 radical (unpaired) electrons. The molecule has 0 spiro atoms. The summed E-state index contributed by atoms with van der Waals surface area (Å²) in [4.78, 5) is 27.9. The van der Waals surface area contributed by atoms with Crippen molar-refractivity contribution in [1.29, 1.82) is 0 Å². The van der Waals surface area contributed by atoms with Crippen molar-refractivity contribution in [1.82, 2.24) is 19.5 Å². The first-order valence-corrected chi connectivity index (χ1v) is 13.4. The summed E-state index contributed by atoms with van der Waals surface area (Å²) in [6, 6.07) is 0. The molecule has 4 heterocycles. The molecule has 0 aromatic carbocycles. The number of piperidine rings is 1. The van der Waals surface area contributed by atoms with Gasteiger partial charge in [0, 0.05) is 43.7 Å². The van der Waals surface area contributed by atoms with Crippen molar-refractivity contribution >= 4 is 27.7 Å². The lowest BCUT2D eigenvalue weighted by atomic mass is 9.92. The van der Waals surface area contributed by atoms with Crippen molar-refractivity contribution in [3.8, 4) is 0 Å². The minimum atomic E-state index is -3.47. The molecule has 4 rings (SSSR count). The molecule has 0 saturated carbocycles. The summed E-state index contributed by atoms with van der Waals surface area (Å²) < 4.78 is 29.7. The molecule has 1 unspecified atom stereocenters. The summed E-state index contributed by atoms with van der Waals surface area (Å²) >= 11 is 0. The van der Waals surface area contributed by atoms with Gasteiger partial charge in [0.15, 0.2) is 0 Å². The van der Waals surface area contributed by atoms with Crippen LogP contribution in [-0.2, 0) is 32.1 Å². The fourth-order valence-corrected chi connectivity index (χ4v) is 5.14. The zero-order valence-corrected chi connectivity index (χ0v) is 20.3. The maximum atomic E-state index is 11.9. The van der Waals surface area contributed by atoms with E-state index in [0.29, 0.717) is 18.8 Å². The molecule has 2 aliphatic rings. The predicted octanol–water partition coefficient (Wildman–Crippen LogP) is 2.43. The number of carbonyl (C=O) groups is 1. The number of hydrogen-bond acceptors (Lipinski definition) is 8. The standard InChI is InChI=1S/C22H32N6O4S/c1-4-5-17-13-28(10-11-32-33(3,30)31)21(25-17)16-6-8-27(9-7-16)22-19-15(2)12-18(29)26-20(19)23-14-24-22/h13-16H,4-12H2,1-3H3,(H,23,24,26,29). The van der Waals surface area contributed by atoms with Gasteiger partial charge in [-0.05, 0) is 25.2 Å². The molecule has 33 heavy (non-hydrogen) atoms. The highest BCUT2D eigenvalue weighted by atomic mass is 32.2. The Hall–Kier alpha value is -2.53. The molecule has 1 fully saturated rings. The van der Waals surface area contributed by atoms with E-state index >= 15 is 0 Å². The summed E-state index contributed by atoms with van der Waals surface area (Å²) in [5.74, 6) is 2.88. The third-order valence-corrected chi connectivity index (χ3v) is 6.85. The predicted molar refractivity (Wildman–Crippen MR) is 125 cm³/mol. The van der Waals surface area contributed by atoms with Gasteiger partial charge in [0.1, 0.15) is 23.8 Å². The molecule has 2 aliphatic heterocycles. The molecule has 2 aromatic heterocycles. The van der Waals surface area contributed by atoms with E-state index in [1.54, 1.807) is 0 Å². The van der Waals surface area contributed by atoms with E-state index in [1.807, 2.05) is 13.1 Å². The van der Waals surface area contributed by atoms with Crippen LogP contribution in [0, 0.1) is 0 Å². The minimum absolute atomic E-state index is 0.00655. The second-order valence-corrected chi connectivity index (χ2v) is 10.6. The van der Waals surface area contributed by atoms with E-state index in [9.17, 15) is 13.2 Å². The Morgan fingerprint density at radius 2 is 2.00 bits per heavy atom. The molecule has 1 saturated heterocycles. The van der Waals surface area contributed by atoms with Gasteiger partial charge < -0.3 is 14.8 Å². The van der Waals surface area contributed by atoms with Gasteiger partial charge in [-0.3, -0.25) is 8.98 Å². The number of aryl methyl sites for hydroxylation is 1. The summed E-state index contributed by atoms with van der Waals surface area (Å²) in [5, 5.41) is 2.87. The first-order chi connectivity index (χ1) is 15.7. The first-order valence-electron chi connectivity index (χ1n) is 11.5. The van der Waals surface area contributed by atoms with Crippen LogP contribution in [0.4, 0.5) is 11.6 Å². The molecule has 10 nitrogen and oxygen atoms in total. The lowest BCUT2D eigenvalue weighted by molar-refractivity contribution is -0.116. The Morgan fingerprint density at radius 1 is 1.24 bits per heavy atom. The van der Waals surface area contributed by atoms with E-state index in [-0.39, 0.29) is 24.3 Å². The summed E-state index contributed by atoms with van der Waals surface area (Å²) in [7, 11) is -3.47. The second kappa shape index (κ2) is 9.76. The molecular formula is C22H32N6O4S. The van der Waals surface area contributed by atoms with E-state index in [1.165, 1.54) is 6.33 Å². The zero-order chi connectivity index (χ0) is 23.6. The van der Waals surface area contributed by atoms with Crippen molar-refractivity contribution in [3.05, 3.63) is 29.6 Å². The van der Waals surface area contributed by atoms with Crippen LogP contribution in [0.1, 0.15) is 68.4 Å². The third-order valence-electron chi connectivity index (χ3n) is 6.26. The van der Waals surface area contributed by atoms with Gasteiger partial charge >= 0.3 is 0 Å². The van der Waals surface area contributed by atoms with Gasteiger partial charge in [0.25, 0.3) is 10.1 Å². The van der Waals surface area contributed by atoms with Crippen molar-refractivity contribution in [2.24, 2.45) is 0 Å². The number of carbonyl (C=O) groups excluding carboxylic acids is 1. The first kappa shape index (κ1) is 23.6. The summed E-state index contributed by atoms with van der Waals surface area (Å²) in [6.45, 7) is 6.37. The average molecular weight is 477 g/mol. The van der Waals surface area contributed by atoms with E-state index < -0.39 is 10.1 Å². The molecule has 1 atom stereocenters. The van der Waals surface area contributed by atoms with Gasteiger partial charge in [-0.25, -0.2) is 15.0 Å². The van der Waals surface area contributed by atoms with Gasteiger partial charge in [-0.15, -0.1) is 0 Å². The lowest BCUT2D eigenvalue weighted by Gasteiger charge is -2.35. The number of nitrogens with zero attached hydrogens (tertiary/aromatic N) is 5. The zero-order valence-electron chi connectivity index (χ0n) is 19.5. The fraction of sp³-hybridized carbons (Fsp3) is 0.636. The van der Waals surface area contributed by atoms with Crippen LogP contribution < -0.4 is 10.2 Å². The van der Waals surface area contributed by atoms with Crippen LogP contribution in [0.2, 0.25) is 0 Å². The van der Waals surface area contributed by atoms with Crippen molar-refractivity contribution in [2.45, 2.75) is 64.3 Å². The molecule has 180 valence electrons.